The van der Waals surface area contributed by atoms with Gasteiger partial charge in [-0.3, -0.25) is 10.1 Å². The van der Waals surface area contributed by atoms with Crippen molar-refractivity contribution in [3.8, 4) is 5.75 Å². The third-order valence-corrected chi connectivity index (χ3v) is 4.46. The van der Waals surface area contributed by atoms with Gasteiger partial charge in [0.1, 0.15) is 6.61 Å². The quantitative estimate of drug-likeness (QED) is 0.588. The summed E-state index contributed by atoms with van der Waals surface area (Å²) in [5, 5.41) is 16.3. The van der Waals surface area contributed by atoms with Crippen molar-refractivity contribution in [2.24, 2.45) is 0 Å². The van der Waals surface area contributed by atoms with Crippen molar-refractivity contribution in [3.63, 3.8) is 0 Å². The molecule has 0 saturated heterocycles. The van der Waals surface area contributed by atoms with E-state index < -0.39 is 4.92 Å². The number of halogens is 1. The van der Waals surface area contributed by atoms with E-state index >= 15 is 0 Å². The summed E-state index contributed by atoms with van der Waals surface area (Å²) in [7, 11) is 0. The van der Waals surface area contributed by atoms with Crippen LogP contribution in [-0.4, -0.2) is 11.5 Å². The monoisotopic (exact) mass is 370 g/mol. The molecule has 1 N–H and O–H groups in total. The molecule has 21 heavy (non-hydrogen) atoms. The zero-order chi connectivity index (χ0) is 15.2. The van der Waals surface area contributed by atoms with Crippen LogP contribution in [0.25, 0.3) is 0 Å². The van der Waals surface area contributed by atoms with Crippen molar-refractivity contribution in [3.05, 3.63) is 54.7 Å². The van der Waals surface area contributed by atoms with Gasteiger partial charge in [-0.15, -0.1) is 11.3 Å². The minimum absolute atomic E-state index is 0.000949. The molecule has 0 unspecified atom stereocenters. The second-order valence-electron chi connectivity index (χ2n) is 4.36. The smallest absolute Gasteiger partial charge is 0.311 e. The molecule has 112 valence electrons. The Bertz CT molecular complexity index is 630. The van der Waals surface area contributed by atoms with Gasteiger partial charge in [-0.05, 0) is 40.2 Å². The molecule has 2 rings (SSSR count). The molecule has 0 aliphatic rings. The van der Waals surface area contributed by atoms with Crippen LogP contribution in [0, 0.1) is 10.1 Å². The van der Waals surface area contributed by atoms with Crippen molar-refractivity contribution < 1.29 is 9.66 Å². The number of hydrogen-bond donors (Lipinski definition) is 1. The first kappa shape index (κ1) is 15.9. The molecule has 0 spiro atoms. The highest BCUT2D eigenvalue weighted by Crippen LogP contribution is 2.29. The van der Waals surface area contributed by atoms with Crippen molar-refractivity contribution in [2.75, 3.05) is 6.54 Å². The van der Waals surface area contributed by atoms with Gasteiger partial charge in [0.25, 0.3) is 0 Å². The van der Waals surface area contributed by atoms with Gasteiger partial charge in [-0.2, -0.15) is 0 Å². The molecule has 0 aliphatic carbocycles. The highest BCUT2D eigenvalue weighted by molar-refractivity contribution is 9.10. The molecular weight excluding hydrogens is 356 g/mol. The first-order valence-corrected chi connectivity index (χ1v) is 8.11. The van der Waals surface area contributed by atoms with Crippen LogP contribution in [0.3, 0.4) is 0 Å². The van der Waals surface area contributed by atoms with Crippen molar-refractivity contribution in [2.45, 2.75) is 20.1 Å². The highest BCUT2D eigenvalue weighted by Gasteiger charge is 2.16. The lowest BCUT2D eigenvalue weighted by Crippen LogP contribution is -2.12. The fourth-order valence-corrected chi connectivity index (χ4v) is 3.15. The van der Waals surface area contributed by atoms with Gasteiger partial charge in [0.05, 0.1) is 4.92 Å². The van der Waals surface area contributed by atoms with E-state index in [2.05, 4.69) is 21.2 Å². The van der Waals surface area contributed by atoms with Crippen LogP contribution < -0.4 is 10.1 Å². The number of benzene rings is 1. The van der Waals surface area contributed by atoms with E-state index in [0.717, 1.165) is 21.5 Å². The van der Waals surface area contributed by atoms with E-state index in [9.17, 15) is 10.1 Å². The Balaban J connectivity index is 2.12. The van der Waals surface area contributed by atoms with Crippen molar-refractivity contribution >= 4 is 33.0 Å². The van der Waals surface area contributed by atoms with Gasteiger partial charge in [-0.25, -0.2) is 0 Å². The number of hydrogen-bond acceptors (Lipinski definition) is 5. The van der Waals surface area contributed by atoms with Gasteiger partial charge in [0, 0.05) is 27.3 Å². The zero-order valence-electron chi connectivity index (χ0n) is 11.5. The van der Waals surface area contributed by atoms with Crippen LogP contribution in [0.2, 0.25) is 0 Å². The van der Waals surface area contributed by atoms with Crippen LogP contribution in [-0.2, 0) is 13.2 Å². The molecule has 1 heterocycles. The summed E-state index contributed by atoms with van der Waals surface area (Å²) < 4.78 is 6.57. The maximum atomic E-state index is 11.2. The molecular formula is C14H15BrN2O3S. The molecule has 0 bridgehead atoms. The van der Waals surface area contributed by atoms with Crippen LogP contribution in [0.1, 0.15) is 17.4 Å². The first-order valence-electron chi connectivity index (χ1n) is 6.44. The fraction of sp³-hybridized carbons (Fsp3) is 0.286. The minimum atomic E-state index is -0.408. The number of nitrogens with one attached hydrogen (secondary N) is 1. The summed E-state index contributed by atoms with van der Waals surface area (Å²) in [4.78, 5) is 11.8. The Labute approximate surface area is 135 Å². The summed E-state index contributed by atoms with van der Waals surface area (Å²) >= 11 is 4.91. The number of nitro benzene ring substituents is 1. The summed E-state index contributed by atoms with van der Waals surface area (Å²) in [6, 6.07) is 7.00. The molecule has 0 radical (unpaired) electrons. The van der Waals surface area contributed by atoms with E-state index in [1.165, 1.54) is 0 Å². The maximum Gasteiger partial charge on any atom is 0.311 e. The van der Waals surface area contributed by atoms with E-state index in [4.69, 9.17) is 4.74 Å². The lowest BCUT2D eigenvalue weighted by atomic mass is 10.2. The summed E-state index contributed by atoms with van der Waals surface area (Å²) in [5.74, 6) is 0.296. The second kappa shape index (κ2) is 7.53. The number of nitrogens with zero attached hydrogens (tertiary/aromatic N) is 1. The van der Waals surface area contributed by atoms with E-state index in [0.29, 0.717) is 18.9 Å². The average Bonchev–Trinajstić information content (AvgIpc) is 2.88. The molecule has 0 fully saturated rings. The van der Waals surface area contributed by atoms with Crippen LogP contribution in [0.5, 0.6) is 5.75 Å². The SMILES string of the molecule is CCNCc1ccc(OCc2cc(Br)cs2)c([N+](=O)[O-])c1. The van der Waals surface area contributed by atoms with Crippen molar-refractivity contribution in [1.29, 1.82) is 0 Å². The number of thiophene rings is 1. The fourth-order valence-electron chi connectivity index (χ4n) is 1.79. The third kappa shape index (κ3) is 4.52. The topological polar surface area (TPSA) is 64.4 Å². The zero-order valence-corrected chi connectivity index (χ0v) is 13.9. The molecule has 1 aromatic carbocycles. The molecule has 5 nitrogen and oxygen atoms in total. The predicted molar refractivity (Wildman–Crippen MR) is 86.8 cm³/mol. The Morgan fingerprint density at radius 1 is 1.43 bits per heavy atom. The number of ether oxygens (including phenoxy) is 1. The Kier molecular flexibility index (Phi) is 5.72. The molecule has 0 atom stereocenters. The predicted octanol–water partition coefficient (Wildman–Crippen LogP) is 4.11. The van der Waals surface area contributed by atoms with Crippen LogP contribution in [0.15, 0.2) is 34.1 Å². The third-order valence-electron chi connectivity index (χ3n) is 2.79. The normalized spacial score (nSPS) is 10.6. The van der Waals surface area contributed by atoms with Gasteiger partial charge in [0.2, 0.25) is 0 Å². The minimum Gasteiger partial charge on any atom is -0.481 e. The van der Waals surface area contributed by atoms with Gasteiger partial charge < -0.3 is 10.1 Å². The maximum absolute atomic E-state index is 11.2. The summed E-state index contributed by atoms with van der Waals surface area (Å²) in [6.45, 7) is 3.74. The van der Waals surface area contributed by atoms with Gasteiger partial charge in [-0.1, -0.05) is 13.0 Å². The lowest BCUT2D eigenvalue weighted by molar-refractivity contribution is -0.386. The Hall–Kier alpha value is -1.44. The molecule has 2 aromatic rings. The van der Waals surface area contributed by atoms with Crippen molar-refractivity contribution in [1.82, 2.24) is 5.32 Å². The standard InChI is InChI=1S/C14H15BrN2O3S/c1-2-16-7-10-3-4-14(13(5-10)17(18)19)20-8-12-6-11(15)9-21-12/h3-6,9,16H,2,7-8H2,1H3. The molecule has 0 amide bonds. The summed E-state index contributed by atoms with van der Waals surface area (Å²) in [5.41, 5.74) is 0.871. The summed E-state index contributed by atoms with van der Waals surface area (Å²) in [6.07, 6.45) is 0. The molecule has 0 saturated carbocycles. The van der Waals surface area contributed by atoms with E-state index in [-0.39, 0.29) is 5.69 Å². The van der Waals surface area contributed by atoms with E-state index in [1.807, 2.05) is 24.4 Å². The van der Waals surface area contributed by atoms with Gasteiger partial charge in [0.15, 0.2) is 5.75 Å². The highest BCUT2D eigenvalue weighted by atomic mass is 79.9. The van der Waals surface area contributed by atoms with E-state index in [1.54, 1.807) is 23.5 Å². The number of rotatable bonds is 7. The molecule has 0 aliphatic heterocycles. The molecule has 7 heteroatoms. The van der Waals surface area contributed by atoms with Crippen LogP contribution >= 0.6 is 27.3 Å². The van der Waals surface area contributed by atoms with Gasteiger partial charge >= 0.3 is 5.69 Å². The second-order valence-corrected chi connectivity index (χ2v) is 6.27. The average molecular weight is 371 g/mol. The Morgan fingerprint density at radius 3 is 2.86 bits per heavy atom. The largest absolute Gasteiger partial charge is 0.481 e. The Morgan fingerprint density at radius 2 is 2.24 bits per heavy atom. The number of nitro groups is 1. The molecule has 1 aromatic heterocycles. The lowest BCUT2D eigenvalue weighted by Gasteiger charge is -2.08. The first-order chi connectivity index (χ1) is 10.1. The van der Waals surface area contributed by atoms with Crippen LogP contribution in [0.4, 0.5) is 5.69 Å².